The average Bonchev–Trinajstić information content (AvgIpc) is 2.32. The van der Waals surface area contributed by atoms with Crippen LogP contribution in [0.2, 0.25) is 0 Å². The van der Waals surface area contributed by atoms with Crippen LogP contribution in [0.15, 0.2) is 29.2 Å². The van der Waals surface area contributed by atoms with Crippen LogP contribution >= 0.6 is 0 Å². The molecule has 4 heteroatoms. The van der Waals surface area contributed by atoms with Gasteiger partial charge in [-0.1, -0.05) is 6.92 Å². The summed E-state index contributed by atoms with van der Waals surface area (Å²) >= 11 is 0. The van der Waals surface area contributed by atoms with Gasteiger partial charge < -0.3 is 5.32 Å². The number of nitrogens with one attached hydrogen (secondary N) is 1. The highest BCUT2D eigenvalue weighted by Crippen LogP contribution is 2.26. The van der Waals surface area contributed by atoms with E-state index in [-0.39, 0.29) is 0 Å². The summed E-state index contributed by atoms with van der Waals surface area (Å²) in [6, 6.07) is 7.58. The number of hydrogen-bond donors (Lipinski definition) is 1. The van der Waals surface area contributed by atoms with Crippen LogP contribution in [-0.2, 0) is 9.84 Å². The van der Waals surface area contributed by atoms with Gasteiger partial charge in [0, 0.05) is 18.0 Å². The Bertz CT molecular complexity index is 485. The SMILES string of the molecule is CC1CCC(Nc2ccc(S(C)(=O)=O)cc2)CC1. The monoisotopic (exact) mass is 267 g/mol. The molecule has 100 valence electrons. The third-order valence-corrected chi connectivity index (χ3v) is 4.80. The van der Waals surface area contributed by atoms with Crippen molar-refractivity contribution in [2.45, 2.75) is 43.5 Å². The van der Waals surface area contributed by atoms with Crippen molar-refractivity contribution in [3.05, 3.63) is 24.3 Å². The topological polar surface area (TPSA) is 46.2 Å². The molecule has 2 rings (SSSR count). The highest BCUT2D eigenvalue weighted by atomic mass is 32.2. The first kappa shape index (κ1) is 13.4. The molecule has 18 heavy (non-hydrogen) atoms. The summed E-state index contributed by atoms with van der Waals surface area (Å²) in [6.07, 6.45) is 6.19. The highest BCUT2D eigenvalue weighted by molar-refractivity contribution is 7.90. The molecule has 1 saturated carbocycles. The third-order valence-electron chi connectivity index (χ3n) is 3.67. The summed E-state index contributed by atoms with van der Waals surface area (Å²) < 4.78 is 22.7. The maximum absolute atomic E-state index is 11.3. The highest BCUT2D eigenvalue weighted by Gasteiger charge is 2.17. The fraction of sp³-hybridized carbons (Fsp3) is 0.571. The van der Waals surface area contributed by atoms with Gasteiger partial charge in [-0.05, 0) is 55.9 Å². The van der Waals surface area contributed by atoms with Gasteiger partial charge in [-0.15, -0.1) is 0 Å². The van der Waals surface area contributed by atoms with Crippen molar-refractivity contribution in [1.29, 1.82) is 0 Å². The minimum Gasteiger partial charge on any atom is -0.382 e. The van der Waals surface area contributed by atoms with Crippen LogP contribution in [0.5, 0.6) is 0 Å². The van der Waals surface area contributed by atoms with Crippen LogP contribution in [0.4, 0.5) is 5.69 Å². The Morgan fingerprint density at radius 1 is 1.06 bits per heavy atom. The minimum absolute atomic E-state index is 0.380. The number of benzene rings is 1. The van der Waals surface area contributed by atoms with E-state index in [1.807, 2.05) is 12.1 Å². The van der Waals surface area contributed by atoms with Crippen molar-refractivity contribution in [2.24, 2.45) is 5.92 Å². The average molecular weight is 267 g/mol. The molecule has 1 aromatic rings. The first-order chi connectivity index (χ1) is 8.45. The third kappa shape index (κ3) is 3.48. The molecule has 0 atom stereocenters. The number of rotatable bonds is 3. The zero-order chi connectivity index (χ0) is 13.2. The van der Waals surface area contributed by atoms with Crippen LogP contribution < -0.4 is 5.32 Å². The number of anilines is 1. The van der Waals surface area contributed by atoms with Gasteiger partial charge in [0.15, 0.2) is 9.84 Å². The lowest BCUT2D eigenvalue weighted by Gasteiger charge is -2.27. The summed E-state index contributed by atoms with van der Waals surface area (Å²) in [5, 5.41) is 3.49. The fourth-order valence-corrected chi connectivity index (χ4v) is 3.07. The molecule has 1 fully saturated rings. The van der Waals surface area contributed by atoms with Gasteiger partial charge in [-0.3, -0.25) is 0 Å². The Labute approximate surface area is 110 Å². The molecular formula is C14H21NO2S. The second kappa shape index (κ2) is 5.31. The van der Waals surface area contributed by atoms with Crippen molar-refractivity contribution in [1.82, 2.24) is 0 Å². The van der Waals surface area contributed by atoms with E-state index in [1.54, 1.807) is 12.1 Å². The van der Waals surface area contributed by atoms with Crippen LogP contribution in [0.3, 0.4) is 0 Å². The molecule has 0 bridgehead atoms. The van der Waals surface area contributed by atoms with Crippen LogP contribution in [0, 0.1) is 5.92 Å². The Balaban J connectivity index is 1.98. The number of sulfone groups is 1. The standard InChI is InChI=1S/C14H21NO2S/c1-11-3-5-12(6-4-11)15-13-7-9-14(10-8-13)18(2,16)17/h7-12,15H,3-6H2,1-2H3. The molecule has 0 saturated heterocycles. The molecule has 0 aliphatic heterocycles. The van der Waals surface area contributed by atoms with Crippen molar-refractivity contribution in [3.63, 3.8) is 0 Å². The Morgan fingerprint density at radius 2 is 1.61 bits per heavy atom. The van der Waals surface area contributed by atoms with E-state index < -0.39 is 9.84 Å². The molecular weight excluding hydrogens is 246 g/mol. The van der Waals surface area contributed by atoms with Crippen molar-refractivity contribution in [2.75, 3.05) is 11.6 Å². The van der Waals surface area contributed by atoms with Gasteiger partial charge in [-0.2, -0.15) is 0 Å². The van der Waals surface area contributed by atoms with Gasteiger partial charge in [0.2, 0.25) is 0 Å². The maximum atomic E-state index is 11.3. The summed E-state index contributed by atoms with van der Waals surface area (Å²) in [7, 11) is -3.09. The zero-order valence-electron chi connectivity index (χ0n) is 11.0. The van der Waals surface area contributed by atoms with Crippen molar-refractivity contribution >= 4 is 15.5 Å². The molecule has 1 aromatic carbocycles. The van der Waals surface area contributed by atoms with E-state index in [0.717, 1.165) is 11.6 Å². The molecule has 3 nitrogen and oxygen atoms in total. The summed E-state index contributed by atoms with van der Waals surface area (Å²) in [5.41, 5.74) is 1.02. The Hall–Kier alpha value is -1.03. The molecule has 0 heterocycles. The molecule has 0 radical (unpaired) electrons. The normalized spacial score (nSPS) is 24.8. The first-order valence-corrected chi connectivity index (χ1v) is 8.41. The molecule has 1 aliphatic carbocycles. The lowest BCUT2D eigenvalue weighted by Crippen LogP contribution is -2.25. The van der Waals surface area contributed by atoms with Crippen LogP contribution in [0.1, 0.15) is 32.6 Å². The molecule has 0 unspecified atom stereocenters. The predicted molar refractivity (Wildman–Crippen MR) is 74.6 cm³/mol. The Morgan fingerprint density at radius 3 is 2.11 bits per heavy atom. The van der Waals surface area contributed by atoms with Crippen LogP contribution in [0.25, 0.3) is 0 Å². The molecule has 0 aromatic heterocycles. The quantitative estimate of drug-likeness (QED) is 0.915. The lowest BCUT2D eigenvalue weighted by atomic mass is 9.87. The number of hydrogen-bond acceptors (Lipinski definition) is 3. The van der Waals surface area contributed by atoms with Gasteiger partial charge in [0.1, 0.15) is 0 Å². The van der Waals surface area contributed by atoms with Gasteiger partial charge >= 0.3 is 0 Å². The van der Waals surface area contributed by atoms with E-state index in [4.69, 9.17) is 0 Å². The summed E-state index contributed by atoms with van der Waals surface area (Å²) in [6.45, 7) is 2.30. The van der Waals surface area contributed by atoms with E-state index in [9.17, 15) is 8.42 Å². The lowest BCUT2D eigenvalue weighted by molar-refractivity contribution is 0.361. The minimum atomic E-state index is -3.09. The maximum Gasteiger partial charge on any atom is 0.175 e. The van der Waals surface area contributed by atoms with Crippen molar-refractivity contribution < 1.29 is 8.42 Å². The second-order valence-electron chi connectivity index (χ2n) is 5.40. The molecule has 1 N–H and O–H groups in total. The Kier molecular flexibility index (Phi) is 3.95. The fourth-order valence-electron chi connectivity index (χ4n) is 2.44. The van der Waals surface area contributed by atoms with E-state index >= 15 is 0 Å². The smallest absolute Gasteiger partial charge is 0.175 e. The summed E-state index contributed by atoms with van der Waals surface area (Å²) in [4.78, 5) is 0.380. The predicted octanol–water partition coefficient (Wildman–Crippen LogP) is 3.08. The van der Waals surface area contributed by atoms with Crippen LogP contribution in [-0.4, -0.2) is 20.7 Å². The van der Waals surface area contributed by atoms with Gasteiger partial charge in [0.05, 0.1) is 4.90 Å². The van der Waals surface area contributed by atoms with Crippen molar-refractivity contribution in [3.8, 4) is 0 Å². The molecule has 0 spiro atoms. The largest absolute Gasteiger partial charge is 0.382 e. The van der Waals surface area contributed by atoms with E-state index in [1.165, 1.54) is 31.9 Å². The van der Waals surface area contributed by atoms with E-state index in [2.05, 4.69) is 12.2 Å². The first-order valence-electron chi connectivity index (χ1n) is 6.52. The molecule has 0 amide bonds. The van der Waals surface area contributed by atoms with E-state index in [0.29, 0.717) is 10.9 Å². The van der Waals surface area contributed by atoms with Gasteiger partial charge in [-0.25, -0.2) is 8.42 Å². The zero-order valence-corrected chi connectivity index (χ0v) is 11.8. The molecule has 1 aliphatic rings. The second-order valence-corrected chi connectivity index (χ2v) is 7.41. The van der Waals surface area contributed by atoms with Gasteiger partial charge in [0.25, 0.3) is 0 Å². The summed E-state index contributed by atoms with van der Waals surface area (Å²) in [5.74, 6) is 0.843.